The molecule has 4 bridgehead atoms. The summed E-state index contributed by atoms with van der Waals surface area (Å²) < 4.78 is 13.2. The van der Waals surface area contributed by atoms with E-state index in [9.17, 15) is 9.18 Å². The number of hydrogen-bond acceptors (Lipinski definition) is 1. The van der Waals surface area contributed by atoms with E-state index in [2.05, 4.69) is 36.5 Å². The fraction of sp³-hybridized carbons (Fsp3) is 0.458. The largest absolute Gasteiger partial charge is 0.326 e. The standard InChI is InChI=1S/C24H26FNO/c1-16-2-4-19(5-3-16)23-11-17-10-18(12-23)14-24(13-17,15-23)22(27)26-21-8-6-20(25)7-9-21/h2-9,17-18H,10-15H2,1H3,(H,26,27)/t17-,18-,23?,24?/m0/s1. The van der Waals surface area contributed by atoms with Crippen molar-refractivity contribution < 1.29 is 9.18 Å². The lowest BCUT2D eigenvalue weighted by Crippen LogP contribution is -2.57. The summed E-state index contributed by atoms with van der Waals surface area (Å²) in [6, 6.07) is 15.1. The summed E-state index contributed by atoms with van der Waals surface area (Å²) in [6.45, 7) is 2.13. The average molecular weight is 363 g/mol. The van der Waals surface area contributed by atoms with Crippen molar-refractivity contribution in [3.05, 3.63) is 65.5 Å². The van der Waals surface area contributed by atoms with Gasteiger partial charge in [-0.25, -0.2) is 4.39 Å². The Bertz CT molecular complexity index is 856. The van der Waals surface area contributed by atoms with Gasteiger partial charge in [-0.2, -0.15) is 0 Å². The van der Waals surface area contributed by atoms with Gasteiger partial charge in [0.25, 0.3) is 0 Å². The lowest BCUT2D eigenvalue weighted by Gasteiger charge is -2.61. The van der Waals surface area contributed by atoms with Crippen LogP contribution in [0.4, 0.5) is 10.1 Å². The van der Waals surface area contributed by atoms with Gasteiger partial charge in [-0.1, -0.05) is 29.8 Å². The topological polar surface area (TPSA) is 29.1 Å². The molecule has 4 aliphatic carbocycles. The van der Waals surface area contributed by atoms with Crippen molar-refractivity contribution in [3.8, 4) is 0 Å². The van der Waals surface area contributed by atoms with Crippen LogP contribution in [-0.2, 0) is 10.2 Å². The maximum Gasteiger partial charge on any atom is 0.230 e. The van der Waals surface area contributed by atoms with Gasteiger partial charge in [0, 0.05) is 5.69 Å². The first kappa shape index (κ1) is 17.0. The van der Waals surface area contributed by atoms with Gasteiger partial charge in [0.15, 0.2) is 0 Å². The Kier molecular flexibility index (Phi) is 3.72. The smallest absolute Gasteiger partial charge is 0.230 e. The molecule has 0 radical (unpaired) electrons. The molecule has 1 N–H and O–H groups in total. The molecule has 2 aromatic rings. The quantitative estimate of drug-likeness (QED) is 0.754. The van der Waals surface area contributed by atoms with Gasteiger partial charge in [0.2, 0.25) is 5.91 Å². The fourth-order valence-corrected chi connectivity index (χ4v) is 6.57. The first-order valence-electron chi connectivity index (χ1n) is 10.1. The molecule has 0 aliphatic heterocycles. The van der Waals surface area contributed by atoms with Gasteiger partial charge in [-0.3, -0.25) is 4.79 Å². The Labute approximate surface area is 160 Å². The van der Waals surface area contributed by atoms with Crippen LogP contribution >= 0.6 is 0 Å². The zero-order valence-electron chi connectivity index (χ0n) is 15.8. The maximum atomic E-state index is 13.4. The molecule has 4 fully saturated rings. The van der Waals surface area contributed by atoms with Crippen LogP contribution in [0.5, 0.6) is 0 Å². The Hall–Kier alpha value is -2.16. The molecule has 140 valence electrons. The van der Waals surface area contributed by atoms with Crippen LogP contribution in [-0.4, -0.2) is 5.91 Å². The number of halogens is 1. The number of aryl methyl sites for hydroxylation is 1. The highest BCUT2D eigenvalue weighted by Crippen LogP contribution is 2.66. The van der Waals surface area contributed by atoms with Gasteiger partial charge >= 0.3 is 0 Å². The van der Waals surface area contributed by atoms with E-state index < -0.39 is 0 Å². The summed E-state index contributed by atoms with van der Waals surface area (Å²) in [4.78, 5) is 13.4. The first-order chi connectivity index (χ1) is 13.0. The lowest BCUT2D eigenvalue weighted by atomic mass is 9.42. The Morgan fingerprint density at radius 2 is 1.59 bits per heavy atom. The van der Waals surface area contributed by atoms with E-state index in [0.717, 1.165) is 19.3 Å². The van der Waals surface area contributed by atoms with Crippen molar-refractivity contribution in [2.75, 3.05) is 5.32 Å². The second-order valence-corrected chi connectivity index (χ2v) is 9.35. The lowest BCUT2D eigenvalue weighted by molar-refractivity contribution is -0.143. The fourth-order valence-electron chi connectivity index (χ4n) is 6.57. The van der Waals surface area contributed by atoms with Crippen LogP contribution < -0.4 is 5.32 Å². The molecule has 2 atom stereocenters. The zero-order chi connectivity index (χ0) is 18.6. The molecule has 6 rings (SSSR count). The molecule has 27 heavy (non-hydrogen) atoms. The molecule has 1 amide bonds. The van der Waals surface area contributed by atoms with Crippen molar-refractivity contribution in [2.24, 2.45) is 17.3 Å². The van der Waals surface area contributed by atoms with Crippen LogP contribution in [0.15, 0.2) is 48.5 Å². The van der Waals surface area contributed by atoms with Crippen molar-refractivity contribution in [1.82, 2.24) is 0 Å². The Morgan fingerprint density at radius 1 is 0.963 bits per heavy atom. The predicted octanol–water partition coefficient (Wildman–Crippen LogP) is 5.61. The highest BCUT2D eigenvalue weighted by Gasteiger charge is 2.60. The minimum absolute atomic E-state index is 0.139. The monoisotopic (exact) mass is 363 g/mol. The third kappa shape index (κ3) is 2.79. The number of carbonyl (C=O) groups is 1. The molecule has 3 heteroatoms. The van der Waals surface area contributed by atoms with Crippen LogP contribution in [0.25, 0.3) is 0 Å². The van der Waals surface area contributed by atoms with E-state index in [1.54, 1.807) is 12.1 Å². The summed E-state index contributed by atoms with van der Waals surface area (Å²) in [5, 5.41) is 3.10. The van der Waals surface area contributed by atoms with Crippen molar-refractivity contribution in [2.45, 2.75) is 50.9 Å². The summed E-state index contributed by atoms with van der Waals surface area (Å²) in [5.74, 6) is 1.15. The Balaban J connectivity index is 1.46. The van der Waals surface area contributed by atoms with Crippen LogP contribution in [0, 0.1) is 30.0 Å². The normalized spacial score (nSPS) is 33.9. The zero-order valence-corrected chi connectivity index (χ0v) is 15.8. The predicted molar refractivity (Wildman–Crippen MR) is 105 cm³/mol. The molecule has 0 unspecified atom stereocenters. The van der Waals surface area contributed by atoms with E-state index in [0.29, 0.717) is 17.5 Å². The van der Waals surface area contributed by atoms with Gasteiger partial charge in [0.1, 0.15) is 5.82 Å². The molecule has 4 aliphatic rings. The molecule has 0 aromatic heterocycles. The van der Waals surface area contributed by atoms with Gasteiger partial charge in [0.05, 0.1) is 5.41 Å². The molecule has 2 aromatic carbocycles. The Morgan fingerprint density at radius 3 is 2.22 bits per heavy atom. The minimum atomic E-state index is -0.277. The van der Waals surface area contributed by atoms with Crippen molar-refractivity contribution >= 4 is 11.6 Å². The summed E-state index contributed by atoms with van der Waals surface area (Å²) in [7, 11) is 0. The minimum Gasteiger partial charge on any atom is -0.326 e. The van der Waals surface area contributed by atoms with E-state index in [1.165, 1.54) is 42.5 Å². The van der Waals surface area contributed by atoms with Gasteiger partial charge < -0.3 is 5.32 Å². The number of amides is 1. The first-order valence-corrected chi connectivity index (χ1v) is 10.1. The van der Waals surface area contributed by atoms with Crippen molar-refractivity contribution in [3.63, 3.8) is 0 Å². The molecular weight excluding hydrogens is 337 g/mol. The molecule has 0 spiro atoms. The number of anilines is 1. The molecule has 4 saturated carbocycles. The summed E-state index contributed by atoms with van der Waals surface area (Å²) >= 11 is 0. The van der Waals surface area contributed by atoms with Crippen molar-refractivity contribution in [1.29, 1.82) is 0 Å². The second kappa shape index (κ2) is 5.92. The number of hydrogen-bond donors (Lipinski definition) is 1. The van der Waals surface area contributed by atoms with Gasteiger partial charge in [-0.05, 0) is 92.5 Å². The molecule has 0 saturated heterocycles. The second-order valence-electron chi connectivity index (χ2n) is 9.35. The number of benzene rings is 2. The molecule has 2 nitrogen and oxygen atoms in total. The highest BCUT2D eigenvalue weighted by atomic mass is 19.1. The third-order valence-electron chi connectivity index (χ3n) is 7.31. The molecule has 0 heterocycles. The van der Waals surface area contributed by atoms with Crippen LogP contribution in [0.2, 0.25) is 0 Å². The molecular formula is C24H26FNO. The number of carbonyl (C=O) groups excluding carboxylic acids is 1. The van der Waals surface area contributed by atoms with Crippen LogP contribution in [0.1, 0.15) is 49.7 Å². The highest BCUT2D eigenvalue weighted by molar-refractivity contribution is 5.95. The SMILES string of the molecule is Cc1ccc(C23C[C@@H]4C[C@H](CC(C(=O)Nc5ccc(F)cc5)(C4)C2)C3)cc1. The number of nitrogens with one attached hydrogen (secondary N) is 1. The number of rotatable bonds is 3. The third-order valence-corrected chi connectivity index (χ3v) is 7.31. The maximum absolute atomic E-state index is 13.4. The van der Waals surface area contributed by atoms with E-state index in [-0.39, 0.29) is 22.6 Å². The average Bonchev–Trinajstić information content (AvgIpc) is 2.63. The van der Waals surface area contributed by atoms with Crippen LogP contribution in [0.3, 0.4) is 0 Å². The van der Waals surface area contributed by atoms with Gasteiger partial charge in [-0.15, -0.1) is 0 Å². The van der Waals surface area contributed by atoms with E-state index in [1.807, 2.05) is 0 Å². The van der Waals surface area contributed by atoms with E-state index in [4.69, 9.17) is 0 Å². The summed E-state index contributed by atoms with van der Waals surface area (Å²) in [6.07, 6.45) is 6.67. The van der Waals surface area contributed by atoms with E-state index >= 15 is 0 Å². The summed E-state index contributed by atoms with van der Waals surface area (Å²) in [5.41, 5.74) is 3.27.